The molecule has 0 bridgehead atoms. The van der Waals surface area contributed by atoms with E-state index in [0.717, 1.165) is 25.8 Å². The van der Waals surface area contributed by atoms with E-state index in [2.05, 4.69) is 31.0 Å². The predicted molar refractivity (Wildman–Crippen MR) is 96.3 cm³/mol. The zero-order valence-corrected chi connectivity index (χ0v) is 15.4. The Kier molecular flexibility index (Phi) is 5.90. The molecule has 0 N–H and O–H groups in total. The highest BCUT2D eigenvalue weighted by molar-refractivity contribution is 5.48. The van der Waals surface area contributed by atoms with E-state index in [4.69, 9.17) is 14.7 Å². The van der Waals surface area contributed by atoms with Crippen LogP contribution in [0.3, 0.4) is 0 Å². The first kappa shape index (κ1) is 18.4. The number of likely N-dealkylation sites (N-methyl/N-ethyl adjacent to an activating group) is 1. The molecule has 4 nitrogen and oxygen atoms in total. The van der Waals surface area contributed by atoms with Crippen LogP contribution in [0.5, 0.6) is 11.5 Å². The van der Waals surface area contributed by atoms with Crippen LogP contribution in [0, 0.1) is 11.5 Å². The molecular weight excluding hydrogens is 300 g/mol. The van der Waals surface area contributed by atoms with Gasteiger partial charge in [-0.2, -0.15) is 0 Å². The van der Waals surface area contributed by atoms with Crippen LogP contribution in [0.1, 0.15) is 45.6 Å². The summed E-state index contributed by atoms with van der Waals surface area (Å²) in [4.78, 5) is 2.44. The zero-order valence-electron chi connectivity index (χ0n) is 15.4. The third-order valence-corrected chi connectivity index (χ3v) is 5.25. The molecule has 2 atom stereocenters. The van der Waals surface area contributed by atoms with Crippen molar-refractivity contribution in [1.82, 2.24) is 4.90 Å². The third-order valence-electron chi connectivity index (χ3n) is 5.25. The fourth-order valence-corrected chi connectivity index (χ4v) is 3.99. The standard InChI is InChI=1S/C18H22N2O2.C2H6/c1-13-6-7-18(8-9-20(2)17(18)10-13)14-4-5-15(22-12-19)16(11-14)21-3;1-2/h4-5,10-11,17H,6-9H2,1-3H3;1-2H3/t17-,18-;/m0./s1. The maximum absolute atomic E-state index is 8.73. The lowest BCUT2D eigenvalue weighted by atomic mass is 9.67. The fraction of sp³-hybridized carbons (Fsp3) is 0.550. The number of ether oxygens (including phenoxy) is 2. The summed E-state index contributed by atoms with van der Waals surface area (Å²) in [5.41, 5.74) is 2.91. The van der Waals surface area contributed by atoms with Crippen LogP contribution in [0.4, 0.5) is 0 Å². The molecule has 0 unspecified atom stereocenters. The van der Waals surface area contributed by atoms with Crippen LogP contribution in [-0.4, -0.2) is 31.6 Å². The second-order valence-electron chi connectivity index (χ2n) is 6.40. The number of nitrogens with zero attached hydrogens (tertiary/aromatic N) is 2. The molecule has 0 amide bonds. The average molecular weight is 328 g/mol. The molecule has 2 aliphatic rings. The summed E-state index contributed by atoms with van der Waals surface area (Å²) in [5, 5.41) is 8.73. The van der Waals surface area contributed by atoms with Gasteiger partial charge in [0.25, 0.3) is 6.26 Å². The Morgan fingerprint density at radius 3 is 2.67 bits per heavy atom. The number of hydrogen-bond acceptors (Lipinski definition) is 4. The minimum Gasteiger partial charge on any atom is -0.493 e. The van der Waals surface area contributed by atoms with Crippen LogP contribution in [0.15, 0.2) is 29.8 Å². The van der Waals surface area contributed by atoms with Gasteiger partial charge in [0.15, 0.2) is 11.5 Å². The van der Waals surface area contributed by atoms with Gasteiger partial charge >= 0.3 is 0 Å². The highest BCUT2D eigenvalue weighted by Gasteiger charge is 2.47. The topological polar surface area (TPSA) is 45.5 Å². The summed E-state index contributed by atoms with van der Waals surface area (Å²) in [6.45, 7) is 7.33. The molecule has 1 saturated heterocycles. The van der Waals surface area contributed by atoms with E-state index in [9.17, 15) is 0 Å². The molecule has 1 aliphatic heterocycles. The van der Waals surface area contributed by atoms with Crippen LogP contribution in [0.2, 0.25) is 0 Å². The second-order valence-corrected chi connectivity index (χ2v) is 6.40. The summed E-state index contributed by atoms with van der Waals surface area (Å²) >= 11 is 0. The number of allylic oxidation sites excluding steroid dienone is 1. The van der Waals surface area contributed by atoms with E-state index < -0.39 is 0 Å². The summed E-state index contributed by atoms with van der Waals surface area (Å²) < 4.78 is 10.4. The lowest BCUT2D eigenvalue weighted by Gasteiger charge is -2.40. The van der Waals surface area contributed by atoms with Crippen molar-refractivity contribution in [1.29, 1.82) is 5.26 Å². The maximum atomic E-state index is 8.73. The number of nitriles is 1. The summed E-state index contributed by atoms with van der Waals surface area (Å²) in [6, 6.07) is 6.43. The van der Waals surface area contributed by atoms with E-state index in [0.29, 0.717) is 17.5 Å². The van der Waals surface area contributed by atoms with Gasteiger partial charge in [0.2, 0.25) is 0 Å². The number of fused-ring (bicyclic) bond motifs is 1. The summed E-state index contributed by atoms with van der Waals surface area (Å²) in [7, 11) is 3.82. The van der Waals surface area contributed by atoms with Gasteiger partial charge in [0.05, 0.1) is 7.11 Å². The minimum atomic E-state index is 0.146. The molecule has 0 aromatic heterocycles. The highest BCUT2D eigenvalue weighted by Crippen LogP contribution is 2.48. The molecule has 24 heavy (non-hydrogen) atoms. The Bertz CT molecular complexity index is 648. The van der Waals surface area contributed by atoms with Gasteiger partial charge in [-0.05, 0) is 57.5 Å². The van der Waals surface area contributed by atoms with Crippen molar-refractivity contribution < 1.29 is 9.47 Å². The van der Waals surface area contributed by atoms with Gasteiger partial charge in [-0.1, -0.05) is 31.6 Å². The van der Waals surface area contributed by atoms with E-state index in [-0.39, 0.29) is 5.41 Å². The fourth-order valence-electron chi connectivity index (χ4n) is 3.99. The highest BCUT2D eigenvalue weighted by atomic mass is 16.5. The molecule has 130 valence electrons. The minimum absolute atomic E-state index is 0.146. The number of hydrogen-bond donors (Lipinski definition) is 0. The Morgan fingerprint density at radius 1 is 1.25 bits per heavy atom. The van der Waals surface area contributed by atoms with Crippen molar-refractivity contribution >= 4 is 0 Å². The van der Waals surface area contributed by atoms with Gasteiger partial charge in [0.1, 0.15) is 0 Å². The van der Waals surface area contributed by atoms with Crippen LogP contribution >= 0.6 is 0 Å². The van der Waals surface area contributed by atoms with Gasteiger partial charge in [0, 0.05) is 11.5 Å². The first-order valence-electron chi connectivity index (χ1n) is 8.73. The third kappa shape index (κ3) is 3.14. The summed E-state index contributed by atoms with van der Waals surface area (Å²) in [5.74, 6) is 1.11. The molecule has 0 spiro atoms. The van der Waals surface area contributed by atoms with Crippen LogP contribution in [-0.2, 0) is 5.41 Å². The molecule has 4 heteroatoms. The smallest absolute Gasteiger partial charge is 0.292 e. The maximum Gasteiger partial charge on any atom is 0.292 e. The molecule has 1 aromatic rings. The first-order valence-corrected chi connectivity index (χ1v) is 8.73. The Balaban J connectivity index is 0.00000100. The lowest BCUT2D eigenvalue weighted by Crippen LogP contribution is -2.42. The van der Waals surface area contributed by atoms with Crippen LogP contribution < -0.4 is 9.47 Å². The lowest BCUT2D eigenvalue weighted by molar-refractivity contribution is 0.266. The molecule has 0 saturated carbocycles. The van der Waals surface area contributed by atoms with Crippen molar-refractivity contribution in [3.63, 3.8) is 0 Å². The average Bonchev–Trinajstić information content (AvgIpc) is 2.95. The molecule has 1 aliphatic carbocycles. The van der Waals surface area contributed by atoms with Crippen molar-refractivity contribution in [2.24, 2.45) is 0 Å². The molecule has 1 fully saturated rings. The largest absolute Gasteiger partial charge is 0.493 e. The Morgan fingerprint density at radius 2 is 2.00 bits per heavy atom. The number of benzene rings is 1. The van der Waals surface area contributed by atoms with Gasteiger partial charge in [-0.25, -0.2) is 0 Å². The Labute approximate surface area is 145 Å². The van der Waals surface area contributed by atoms with Gasteiger partial charge in [-0.15, -0.1) is 5.26 Å². The van der Waals surface area contributed by atoms with E-state index in [1.807, 2.05) is 26.0 Å². The number of likely N-dealkylation sites (tertiary alicyclic amines) is 1. The number of rotatable bonds is 3. The van der Waals surface area contributed by atoms with E-state index in [1.54, 1.807) is 13.4 Å². The van der Waals surface area contributed by atoms with Gasteiger partial charge < -0.3 is 9.47 Å². The predicted octanol–water partition coefficient (Wildman–Crippen LogP) is 4.26. The molecular formula is C20H28N2O2. The Hall–Kier alpha value is -1.99. The molecule has 3 rings (SSSR count). The van der Waals surface area contributed by atoms with Crippen molar-refractivity contribution in [3.8, 4) is 17.8 Å². The second kappa shape index (κ2) is 7.72. The van der Waals surface area contributed by atoms with Crippen molar-refractivity contribution in [3.05, 3.63) is 35.4 Å². The quantitative estimate of drug-likeness (QED) is 0.614. The molecule has 1 heterocycles. The monoisotopic (exact) mass is 328 g/mol. The van der Waals surface area contributed by atoms with Gasteiger partial charge in [-0.3, -0.25) is 4.90 Å². The first-order chi connectivity index (χ1) is 11.6. The normalized spacial score (nSPS) is 25.7. The van der Waals surface area contributed by atoms with E-state index >= 15 is 0 Å². The SMILES string of the molecule is CC.COc1cc([C@@]23CCC(C)=C[C@@H]2N(C)CC3)ccc1OC#N. The van der Waals surface area contributed by atoms with Crippen molar-refractivity contribution in [2.75, 3.05) is 20.7 Å². The van der Waals surface area contributed by atoms with Crippen LogP contribution in [0.25, 0.3) is 0 Å². The summed E-state index contributed by atoms with van der Waals surface area (Å²) in [6.07, 6.45) is 7.59. The molecule has 0 radical (unpaired) electrons. The molecule has 1 aromatic carbocycles. The van der Waals surface area contributed by atoms with Crippen molar-refractivity contribution in [2.45, 2.75) is 51.5 Å². The van der Waals surface area contributed by atoms with E-state index in [1.165, 1.54) is 11.1 Å². The number of methoxy groups -OCH3 is 1. The zero-order chi connectivity index (χ0) is 17.7.